The summed E-state index contributed by atoms with van der Waals surface area (Å²) < 4.78 is 15.3. The molecule has 0 radical (unpaired) electrons. The van der Waals surface area contributed by atoms with Gasteiger partial charge in [-0.1, -0.05) is 106 Å². The lowest BCUT2D eigenvalue weighted by Crippen LogP contribution is -2.10. The Hall–Kier alpha value is -1.60. The summed E-state index contributed by atoms with van der Waals surface area (Å²) in [6, 6.07) is 12.5. The summed E-state index contributed by atoms with van der Waals surface area (Å²) in [5.41, 5.74) is 5.01. The number of benzene rings is 2. The van der Waals surface area contributed by atoms with E-state index in [-0.39, 0.29) is 10.8 Å². The Kier molecular flexibility index (Phi) is 8.11. The van der Waals surface area contributed by atoms with E-state index in [1.807, 2.05) is 12.1 Å². The first-order valence-electron chi connectivity index (χ1n) is 12.8. The fraction of sp³-hybridized carbons (Fsp3) is 0.533. The van der Waals surface area contributed by atoms with E-state index in [1.54, 1.807) is 0 Å². The third kappa shape index (κ3) is 5.48. The SMILES string of the molecule is CCCCCC1CC=C(c2ccc(-c3ccc(C4CCC(C)CC4)cc3)c(F)c2Cl)CC1. The van der Waals surface area contributed by atoms with Crippen LogP contribution in [0.25, 0.3) is 16.7 Å². The molecule has 0 aromatic heterocycles. The maximum Gasteiger partial charge on any atom is 0.150 e. The minimum Gasteiger partial charge on any atom is -0.205 e. The van der Waals surface area contributed by atoms with Gasteiger partial charge >= 0.3 is 0 Å². The molecule has 1 unspecified atom stereocenters. The Morgan fingerprint density at radius 3 is 2.28 bits per heavy atom. The van der Waals surface area contributed by atoms with Crippen LogP contribution in [-0.2, 0) is 0 Å². The zero-order valence-electron chi connectivity index (χ0n) is 19.8. The second-order valence-electron chi connectivity index (χ2n) is 10.2. The molecule has 0 nitrogen and oxygen atoms in total. The van der Waals surface area contributed by atoms with Crippen molar-refractivity contribution in [2.75, 3.05) is 0 Å². The number of rotatable bonds is 7. The smallest absolute Gasteiger partial charge is 0.150 e. The molecular formula is C30H38ClF. The molecule has 1 fully saturated rings. The number of allylic oxidation sites excluding steroid dienone is 2. The van der Waals surface area contributed by atoms with Gasteiger partial charge in [0.15, 0.2) is 0 Å². The molecule has 4 rings (SSSR count). The van der Waals surface area contributed by atoms with Crippen molar-refractivity contribution in [3.05, 3.63) is 64.4 Å². The van der Waals surface area contributed by atoms with Crippen LogP contribution >= 0.6 is 11.6 Å². The van der Waals surface area contributed by atoms with Crippen LogP contribution in [0.3, 0.4) is 0 Å². The maximum absolute atomic E-state index is 15.3. The molecule has 32 heavy (non-hydrogen) atoms. The van der Waals surface area contributed by atoms with Gasteiger partial charge in [0, 0.05) is 5.56 Å². The standard InChI is InChI=1S/C30H38ClF/c1-3-4-5-6-22-9-13-25(14-10-22)27-19-20-28(30(32)29(27)31)26-17-15-24(16-18-26)23-11-7-21(2)8-12-23/h13,15-23H,3-12,14H2,1-2H3. The molecular weight excluding hydrogens is 415 g/mol. The molecule has 2 aromatic carbocycles. The normalized spacial score (nSPS) is 23.8. The third-order valence-corrected chi connectivity index (χ3v) is 8.24. The summed E-state index contributed by atoms with van der Waals surface area (Å²) in [5.74, 6) is 2.00. The first-order chi connectivity index (χ1) is 15.6. The Balaban J connectivity index is 1.46. The van der Waals surface area contributed by atoms with E-state index in [0.29, 0.717) is 11.5 Å². The summed E-state index contributed by atoms with van der Waals surface area (Å²) in [6.07, 6.45) is 16.0. The average molecular weight is 453 g/mol. The Bertz CT molecular complexity index is 919. The van der Waals surface area contributed by atoms with Crippen LogP contribution in [-0.4, -0.2) is 0 Å². The van der Waals surface area contributed by atoms with E-state index in [1.165, 1.54) is 68.9 Å². The molecule has 0 amide bonds. The van der Waals surface area contributed by atoms with Gasteiger partial charge in [0.1, 0.15) is 5.82 Å². The Labute approximate surface area is 199 Å². The number of halogens is 2. The van der Waals surface area contributed by atoms with E-state index in [4.69, 9.17) is 11.6 Å². The van der Waals surface area contributed by atoms with E-state index in [2.05, 4.69) is 44.2 Å². The molecule has 2 aromatic rings. The molecule has 1 saturated carbocycles. The van der Waals surface area contributed by atoms with Crippen LogP contribution < -0.4 is 0 Å². The lowest BCUT2D eigenvalue weighted by molar-refractivity contribution is 0.348. The molecule has 0 aliphatic heterocycles. The molecule has 172 valence electrons. The van der Waals surface area contributed by atoms with Gasteiger partial charge in [-0.25, -0.2) is 4.39 Å². The predicted octanol–water partition coefficient (Wildman–Crippen LogP) is 10.2. The minimum absolute atomic E-state index is 0.281. The molecule has 2 aliphatic carbocycles. The Morgan fingerprint density at radius 2 is 1.62 bits per heavy atom. The summed E-state index contributed by atoms with van der Waals surface area (Å²) >= 11 is 6.57. The van der Waals surface area contributed by atoms with Crippen LogP contribution in [0, 0.1) is 17.7 Å². The largest absolute Gasteiger partial charge is 0.205 e. The van der Waals surface area contributed by atoms with Gasteiger partial charge in [0.25, 0.3) is 0 Å². The molecule has 2 aliphatic rings. The monoisotopic (exact) mass is 452 g/mol. The Morgan fingerprint density at radius 1 is 0.906 bits per heavy atom. The molecule has 0 bridgehead atoms. The van der Waals surface area contributed by atoms with Crippen molar-refractivity contribution >= 4 is 17.2 Å². The molecule has 0 N–H and O–H groups in total. The number of hydrogen-bond donors (Lipinski definition) is 0. The average Bonchev–Trinajstić information content (AvgIpc) is 2.82. The first-order valence-corrected chi connectivity index (χ1v) is 13.2. The van der Waals surface area contributed by atoms with Crippen LogP contribution in [0.1, 0.15) is 102 Å². The highest BCUT2D eigenvalue weighted by Gasteiger charge is 2.22. The van der Waals surface area contributed by atoms with Crippen molar-refractivity contribution in [3.8, 4) is 11.1 Å². The highest BCUT2D eigenvalue weighted by atomic mass is 35.5. The van der Waals surface area contributed by atoms with Gasteiger partial charge in [-0.2, -0.15) is 0 Å². The van der Waals surface area contributed by atoms with Crippen molar-refractivity contribution in [2.24, 2.45) is 11.8 Å². The van der Waals surface area contributed by atoms with E-state index >= 15 is 4.39 Å². The zero-order chi connectivity index (χ0) is 22.5. The maximum atomic E-state index is 15.3. The first kappa shape index (κ1) is 23.6. The van der Waals surface area contributed by atoms with Gasteiger partial charge < -0.3 is 0 Å². The molecule has 0 heterocycles. The van der Waals surface area contributed by atoms with Gasteiger partial charge in [0.05, 0.1) is 5.02 Å². The molecule has 0 saturated heterocycles. The quantitative estimate of drug-likeness (QED) is 0.366. The second-order valence-corrected chi connectivity index (χ2v) is 10.6. The fourth-order valence-corrected chi connectivity index (χ4v) is 5.91. The highest BCUT2D eigenvalue weighted by molar-refractivity contribution is 6.32. The van der Waals surface area contributed by atoms with Crippen molar-refractivity contribution in [3.63, 3.8) is 0 Å². The summed E-state index contributed by atoms with van der Waals surface area (Å²) in [7, 11) is 0. The lowest BCUT2D eigenvalue weighted by Gasteiger charge is -2.26. The van der Waals surface area contributed by atoms with Gasteiger partial charge in [-0.05, 0) is 72.1 Å². The topological polar surface area (TPSA) is 0 Å². The number of hydrogen-bond acceptors (Lipinski definition) is 0. The summed E-state index contributed by atoms with van der Waals surface area (Å²) in [4.78, 5) is 0. The van der Waals surface area contributed by atoms with E-state index in [9.17, 15) is 0 Å². The van der Waals surface area contributed by atoms with Crippen LogP contribution in [0.2, 0.25) is 5.02 Å². The molecule has 1 atom stereocenters. The van der Waals surface area contributed by atoms with Crippen LogP contribution in [0.5, 0.6) is 0 Å². The molecule has 0 spiro atoms. The van der Waals surface area contributed by atoms with Crippen molar-refractivity contribution in [2.45, 2.75) is 90.4 Å². The summed E-state index contributed by atoms with van der Waals surface area (Å²) in [6.45, 7) is 4.61. The van der Waals surface area contributed by atoms with Crippen LogP contribution in [0.15, 0.2) is 42.5 Å². The highest BCUT2D eigenvalue weighted by Crippen LogP contribution is 2.40. The van der Waals surface area contributed by atoms with Crippen LogP contribution in [0.4, 0.5) is 4.39 Å². The van der Waals surface area contributed by atoms with Crippen molar-refractivity contribution in [1.82, 2.24) is 0 Å². The fourth-order valence-electron chi connectivity index (χ4n) is 5.63. The third-order valence-electron chi connectivity index (χ3n) is 7.87. The van der Waals surface area contributed by atoms with E-state index in [0.717, 1.165) is 35.8 Å². The van der Waals surface area contributed by atoms with Gasteiger partial charge in [-0.3, -0.25) is 0 Å². The van der Waals surface area contributed by atoms with Crippen molar-refractivity contribution < 1.29 is 4.39 Å². The second kappa shape index (κ2) is 11.0. The lowest BCUT2D eigenvalue weighted by atomic mass is 9.79. The zero-order valence-corrected chi connectivity index (χ0v) is 20.6. The van der Waals surface area contributed by atoms with Gasteiger partial charge in [-0.15, -0.1) is 0 Å². The van der Waals surface area contributed by atoms with Gasteiger partial charge in [0.2, 0.25) is 0 Å². The number of unbranched alkanes of at least 4 members (excludes halogenated alkanes) is 2. The predicted molar refractivity (Wildman–Crippen MR) is 137 cm³/mol. The summed E-state index contributed by atoms with van der Waals surface area (Å²) in [5, 5.41) is 0.281. The minimum atomic E-state index is -0.283. The van der Waals surface area contributed by atoms with Crippen molar-refractivity contribution in [1.29, 1.82) is 0 Å². The van der Waals surface area contributed by atoms with E-state index < -0.39 is 0 Å². The molecule has 2 heteroatoms.